The lowest BCUT2D eigenvalue weighted by Crippen LogP contribution is -2.19. The number of benzene rings is 1. The van der Waals surface area contributed by atoms with Gasteiger partial charge >= 0.3 is 5.97 Å². The van der Waals surface area contributed by atoms with Crippen molar-refractivity contribution in [2.45, 2.75) is 6.92 Å². The van der Waals surface area contributed by atoms with Gasteiger partial charge in [0.1, 0.15) is 17.3 Å². The number of ether oxygens (including phenoxy) is 1. The van der Waals surface area contributed by atoms with Crippen LogP contribution in [0.3, 0.4) is 0 Å². The first-order chi connectivity index (χ1) is 13.5. The molecule has 28 heavy (non-hydrogen) atoms. The number of Topliss-reactive ketones (excluding diaryl/α,β-unsaturated/α-hetero) is 1. The molecule has 0 fully saturated rings. The lowest BCUT2D eigenvalue weighted by Gasteiger charge is -2.07. The van der Waals surface area contributed by atoms with Crippen LogP contribution in [0, 0.1) is 11.3 Å². The van der Waals surface area contributed by atoms with Gasteiger partial charge in [0.25, 0.3) is 0 Å². The van der Waals surface area contributed by atoms with E-state index >= 15 is 0 Å². The summed E-state index contributed by atoms with van der Waals surface area (Å²) in [5.74, 6) is -1.38. The Morgan fingerprint density at radius 2 is 2.00 bits per heavy atom. The van der Waals surface area contributed by atoms with E-state index in [2.05, 4.69) is 5.10 Å². The van der Waals surface area contributed by atoms with Gasteiger partial charge < -0.3 is 10.5 Å². The molecule has 0 bridgehead atoms. The number of nitrogens with two attached hydrogens (primary N) is 1. The third kappa shape index (κ3) is 4.00. The van der Waals surface area contributed by atoms with Crippen LogP contribution in [-0.4, -0.2) is 28.1 Å². The van der Waals surface area contributed by atoms with Gasteiger partial charge in [-0.25, -0.2) is 9.48 Å². The van der Waals surface area contributed by atoms with Gasteiger partial charge in [-0.15, -0.1) is 11.3 Å². The molecule has 0 aliphatic rings. The molecule has 8 heteroatoms. The molecule has 0 spiro atoms. The van der Waals surface area contributed by atoms with Crippen molar-refractivity contribution >= 4 is 23.1 Å². The highest BCUT2D eigenvalue weighted by atomic mass is 32.1. The molecule has 1 aromatic carbocycles. The Morgan fingerprint density at radius 1 is 1.25 bits per heavy atom. The number of aromatic nitrogens is 2. The summed E-state index contributed by atoms with van der Waals surface area (Å²) in [4.78, 5) is 25.6. The van der Waals surface area contributed by atoms with Gasteiger partial charge in [0.05, 0.1) is 10.6 Å². The van der Waals surface area contributed by atoms with Crippen molar-refractivity contribution in [3.05, 3.63) is 70.9 Å². The second-order valence-electron chi connectivity index (χ2n) is 5.81. The zero-order valence-corrected chi connectivity index (χ0v) is 15.8. The van der Waals surface area contributed by atoms with E-state index in [-0.39, 0.29) is 17.0 Å². The zero-order chi connectivity index (χ0) is 20.1. The summed E-state index contributed by atoms with van der Waals surface area (Å²) >= 11 is 1.50. The van der Waals surface area contributed by atoms with Crippen molar-refractivity contribution in [1.29, 1.82) is 5.26 Å². The Labute approximate surface area is 165 Å². The average Bonchev–Trinajstić information content (AvgIpc) is 3.36. The smallest absolute Gasteiger partial charge is 0.357 e. The highest BCUT2D eigenvalue weighted by molar-refractivity contribution is 7.13. The normalized spacial score (nSPS) is 11.4. The molecule has 0 unspecified atom stereocenters. The summed E-state index contributed by atoms with van der Waals surface area (Å²) in [5, 5.41) is 15.4. The number of hydrogen-bond donors (Lipinski definition) is 1. The molecule has 7 nitrogen and oxygen atoms in total. The molecule has 0 saturated carbocycles. The second-order valence-corrected chi connectivity index (χ2v) is 6.76. The van der Waals surface area contributed by atoms with Crippen LogP contribution in [0.4, 0.5) is 0 Å². The van der Waals surface area contributed by atoms with E-state index in [4.69, 9.17) is 15.7 Å². The predicted molar refractivity (Wildman–Crippen MR) is 105 cm³/mol. The molecule has 0 aliphatic heterocycles. The third-order valence-electron chi connectivity index (χ3n) is 3.81. The van der Waals surface area contributed by atoms with Gasteiger partial charge in [-0.2, -0.15) is 10.4 Å². The summed E-state index contributed by atoms with van der Waals surface area (Å²) in [6.45, 7) is 0.862. The molecule has 2 heterocycles. The topological polar surface area (TPSA) is 111 Å². The van der Waals surface area contributed by atoms with Crippen molar-refractivity contribution < 1.29 is 14.3 Å². The molecule has 2 aromatic heterocycles. The van der Waals surface area contributed by atoms with Crippen molar-refractivity contribution in [3.8, 4) is 22.3 Å². The summed E-state index contributed by atoms with van der Waals surface area (Å²) < 4.78 is 6.60. The lowest BCUT2D eigenvalue weighted by molar-refractivity contribution is -0.118. The van der Waals surface area contributed by atoms with E-state index in [9.17, 15) is 9.59 Å². The monoisotopic (exact) mass is 392 g/mol. The first-order valence-corrected chi connectivity index (χ1v) is 9.15. The van der Waals surface area contributed by atoms with E-state index in [1.165, 1.54) is 22.9 Å². The number of allylic oxidation sites excluding steroid dienone is 1. The Kier molecular flexibility index (Phi) is 5.67. The van der Waals surface area contributed by atoms with Crippen molar-refractivity contribution in [3.63, 3.8) is 0 Å². The number of nitrogens with zero attached hydrogens (tertiary/aromatic N) is 3. The summed E-state index contributed by atoms with van der Waals surface area (Å²) in [5.41, 5.74) is 6.84. The van der Waals surface area contributed by atoms with Crippen LogP contribution >= 0.6 is 11.3 Å². The third-order valence-corrected chi connectivity index (χ3v) is 4.70. The minimum absolute atomic E-state index is 0.0813. The lowest BCUT2D eigenvalue weighted by atomic mass is 10.1. The number of hydrogen-bond acceptors (Lipinski definition) is 7. The number of carbonyl (C=O) groups is 2. The van der Waals surface area contributed by atoms with Gasteiger partial charge in [-0.05, 0) is 30.5 Å². The maximum atomic E-state index is 12.6. The second kappa shape index (κ2) is 8.33. The Hall–Kier alpha value is -3.70. The molecular weight excluding hydrogens is 376 g/mol. The van der Waals surface area contributed by atoms with Crippen molar-refractivity contribution in [1.82, 2.24) is 9.78 Å². The fourth-order valence-electron chi connectivity index (χ4n) is 2.48. The molecule has 0 amide bonds. The summed E-state index contributed by atoms with van der Waals surface area (Å²) in [6.07, 6.45) is 0. The van der Waals surface area contributed by atoms with Gasteiger partial charge in [0, 0.05) is 11.8 Å². The number of carbonyl (C=O) groups excluding carboxylic acids is 2. The van der Waals surface area contributed by atoms with Crippen LogP contribution in [-0.2, 0) is 9.53 Å². The van der Waals surface area contributed by atoms with Gasteiger partial charge in [0.2, 0.25) is 5.78 Å². The number of ketones is 1. The van der Waals surface area contributed by atoms with Crippen LogP contribution in [0.15, 0.2) is 65.2 Å². The van der Waals surface area contributed by atoms with E-state index in [1.807, 2.05) is 35.7 Å². The fourth-order valence-corrected chi connectivity index (χ4v) is 3.17. The highest BCUT2D eigenvalue weighted by Gasteiger charge is 2.21. The van der Waals surface area contributed by atoms with E-state index in [0.29, 0.717) is 11.4 Å². The first-order valence-electron chi connectivity index (χ1n) is 8.27. The molecule has 0 saturated heterocycles. The molecule has 2 N–H and O–H groups in total. The summed E-state index contributed by atoms with van der Waals surface area (Å²) in [7, 11) is 0. The molecule has 140 valence electrons. The van der Waals surface area contributed by atoms with Crippen LogP contribution in [0.2, 0.25) is 0 Å². The Bertz CT molecular complexity index is 1070. The highest BCUT2D eigenvalue weighted by Crippen LogP contribution is 2.26. The van der Waals surface area contributed by atoms with E-state index < -0.39 is 18.4 Å². The Morgan fingerprint density at radius 3 is 2.61 bits per heavy atom. The standard InChI is InChI=1S/C20H16N4O3S/c1-13(22)15(11-21)18(25)12-27-20(26)17-10-16(19-8-5-9-28-19)23-24(17)14-6-3-2-4-7-14/h2-10H,12,22H2,1H3/b15-13+. The maximum Gasteiger partial charge on any atom is 0.357 e. The van der Waals surface area contributed by atoms with Crippen LogP contribution in [0.25, 0.3) is 16.3 Å². The molecule has 0 radical (unpaired) electrons. The number of rotatable bonds is 6. The fraction of sp³-hybridized carbons (Fsp3) is 0.100. The summed E-state index contributed by atoms with van der Waals surface area (Å²) in [6, 6.07) is 16.2. The molecule has 0 aliphatic carbocycles. The number of thiophene rings is 1. The minimum Gasteiger partial charge on any atom is -0.453 e. The first kappa shape index (κ1) is 19.1. The minimum atomic E-state index is -0.723. The van der Waals surface area contributed by atoms with Crippen molar-refractivity contribution in [2.24, 2.45) is 5.73 Å². The van der Waals surface area contributed by atoms with Crippen molar-refractivity contribution in [2.75, 3.05) is 6.61 Å². The van der Waals surface area contributed by atoms with Gasteiger partial charge in [-0.3, -0.25) is 4.79 Å². The molecule has 3 aromatic rings. The Balaban J connectivity index is 1.90. The average molecular weight is 392 g/mol. The van der Waals surface area contributed by atoms with Gasteiger partial charge in [0.15, 0.2) is 12.3 Å². The molecule has 0 atom stereocenters. The van der Waals surface area contributed by atoms with E-state index in [0.717, 1.165) is 4.88 Å². The molecular formula is C20H16N4O3S. The number of para-hydroxylation sites is 1. The maximum absolute atomic E-state index is 12.6. The van der Waals surface area contributed by atoms with Crippen LogP contribution in [0.5, 0.6) is 0 Å². The van der Waals surface area contributed by atoms with Gasteiger partial charge in [-0.1, -0.05) is 24.3 Å². The number of nitriles is 1. The number of esters is 1. The predicted octanol–water partition coefficient (Wildman–Crippen LogP) is 3.08. The van der Waals surface area contributed by atoms with Crippen LogP contribution < -0.4 is 5.73 Å². The SMILES string of the molecule is C/C(N)=C(/C#N)C(=O)COC(=O)c1cc(-c2cccs2)nn1-c1ccccc1. The quantitative estimate of drug-likeness (QED) is 0.392. The largest absolute Gasteiger partial charge is 0.453 e. The van der Waals surface area contributed by atoms with Crippen LogP contribution in [0.1, 0.15) is 17.4 Å². The molecule has 3 rings (SSSR count). The van der Waals surface area contributed by atoms with E-state index in [1.54, 1.807) is 24.3 Å². The zero-order valence-electron chi connectivity index (χ0n) is 15.0.